The van der Waals surface area contributed by atoms with Gasteiger partial charge >= 0.3 is 6.09 Å². The third-order valence-electron chi connectivity index (χ3n) is 5.17. The quantitative estimate of drug-likeness (QED) is 0.674. The summed E-state index contributed by atoms with van der Waals surface area (Å²) < 4.78 is 65.6. The van der Waals surface area contributed by atoms with Gasteiger partial charge in [0.15, 0.2) is 0 Å². The second-order valence-electron chi connectivity index (χ2n) is 7.28. The van der Waals surface area contributed by atoms with E-state index in [0.717, 1.165) is 18.2 Å². The highest BCUT2D eigenvalue weighted by Gasteiger charge is 2.34. The number of amides is 1. The number of hydrogen-bond acceptors (Lipinski definition) is 6. The second-order valence-corrected chi connectivity index (χ2v) is 9.45. The largest absolute Gasteiger partial charge is 0.443 e. The predicted molar refractivity (Wildman–Crippen MR) is 114 cm³/mol. The zero-order valence-corrected chi connectivity index (χ0v) is 18.3. The summed E-state index contributed by atoms with van der Waals surface area (Å²) >= 11 is 5.64. The Kier molecular flexibility index (Phi) is 6.52. The third kappa shape index (κ3) is 4.80. The van der Waals surface area contributed by atoms with Crippen LogP contribution in [0.2, 0.25) is 5.02 Å². The van der Waals surface area contributed by atoms with Crippen LogP contribution in [-0.2, 0) is 19.5 Å². The van der Waals surface area contributed by atoms with Crippen LogP contribution in [-0.4, -0.2) is 60.0 Å². The summed E-state index contributed by atoms with van der Waals surface area (Å²) in [7, 11) is -4.00. The maximum absolute atomic E-state index is 14.7. The zero-order valence-electron chi connectivity index (χ0n) is 16.8. The first-order valence-corrected chi connectivity index (χ1v) is 11.7. The average Bonchev–Trinajstić information content (AvgIpc) is 3.15. The van der Waals surface area contributed by atoms with Gasteiger partial charge in [-0.2, -0.15) is 0 Å². The van der Waals surface area contributed by atoms with Crippen molar-refractivity contribution in [3.05, 3.63) is 53.1 Å². The van der Waals surface area contributed by atoms with Gasteiger partial charge < -0.3 is 14.4 Å². The molecule has 2 saturated heterocycles. The van der Waals surface area contributed by atoms with Crippen molar-refractivity contribution in [2.24, 2.45) is 0 Å². The Morgan fingerprint density at radius 2 is 1.84 bits per heavy atom. The maximum Gasteiger partial charge on any atom is 0.414 e. The van der Waals surface area contributed by atoms with Crippen LogP contribution in [0.25, 0.3) is 0 Å². The SMILES string of the molecule is O=C1O[C@@H](CNS(=O)(=O)c2ccc(F)c(Cl)c2)CN1c1ccc(N2CCOCC2)c(F)c1. The molecule has 0 spiro atoms. The molecule has 0 bridgehead atoms. The number of ether oxygens (including phenoxy) is 2. The lowest BCUT2D eigenvalue weighted by Crippen LogP contribution is -2.37. The van der Waals surface area contributed by atoms with Crippen molar-refractivity contribution < 1.29 is 31.5 Å². The van der Waals surface area contributed by atoms with Gasteiger partial charge in [-0.1, -0.05) is 11.6 Å². The van der Waals surface area contributed by atoms with Crippen LogP contribution in [0.5, 0.6) is 0 Å². The maximum atomic E-state index is 14.7. The van der Waals surface area contributed by atoms with Crippen molar-refractivity contribution in [2.75, 3.05) is 49.2 Å². The van der Waals surface area contributed by atoms with Crippen molar-refractivity contribution in [1.29, 1.82) is 0 Å². The molecule has 0 unspecified atom stereocenters. The Balaban J connectivity index is 1.40. The van der Waals surface area contributed by atoms with Crippen LogP contribution in [0.1, 0.15) is 0 Å². The van der Waals surface area contributed by atoms with E-state index in [-0.39, 0.29) is 23.0 Å². The van der Waals surface area contributed by atoms with E-state index in [0.29, 0.717) is 37.7 Å². The van der Waals surface area contributed by atoms with E-state index < -0.39 is 33.9 Å². The van der Waals surface area contributed by atoms with Crippen molar-refractivity contribution in [3.8, 4) is 0 Å². The molecule has 8 nitrogen and oxygen atoms in total. The van der Waals surface area contributed by atoms with Crippen LogP contribution in [0.4, 0.5) is 25.0 Å². The monoisotopic (exact) mass is 487 g/mol. The van der Waals surface area contributed by atoms with Crippen LogP contribution in [0.3, 0.4) is 0 Å². The fourth-order valence-electron chi connectivity index (χ4n) is 3.49. The van der Waals surface area contributed by atoms with Gasteiger partial charge in [0, 0.05) is 19.6 Å². The van der Waals surface area contributed by atoms with Gasteiger partial charge in [0.1, 0.15) is 17.7 Å². The molecule has 12 heteroatoms. The Labute approximate surface area is 188 Å². The molecule has 0 radical (unpaired) electrons. The molecule has 2 aromatic rings. The summed E-state index contributed by atoms with van der Waals surface area (Å²) in [6.45, 7) is 1.99. The van der Waals surface area contributed by atoms with Gasteiger partial charge in [-0.05, 0) is 36.4 Å². The number of cyclic esters (lactones) is 1. The molecule has 172 valence electrons. The van der Waals surface area contributed by atoms with Gasteiger partial charge in [0.2, 0.25) is 10.0 Å². The van der Waals surface area contributed by atoms with Crippen molar-refractivity contribution in [1.82, 2.24) is 4.72 Å². The lowest BCUT2D eigenvalue weighted by molar-refractivity contribution is 0.122. The van der Waals surface area contributed by atoms with Crippen LogP contribution >= 0.6 is 11.6 Å². The van der Waals surface area contributed by atoms with E-state index in [1.165, 1.54) is 11.0 Å². The summed E-state index contributed by atoms with van der Waals surface area (Å²) in [6.07, 6.45) is -1.51. The topological polar surface area (TPSA) is 88.2 Å². The van der Waals surface area contributed by atoms with Gasteiger partial charge in [-0.3, -0.25) is 4.90 Å². The minimum absolute atomic E-state index is 0.0296. The Hall–Kier alpha value is -2.47. The number of morpholine rings is 1. The molecule has 1 N–H and O–H groups in total. The van der Waals surface area contributed by atoms with Gasteiger partial charge in [-0.15, -0.1) is 0 Å². The molecule has 2 fully saturated rings. The molecule has 2 aliphatic heterocycles. The van der Waals surface area contributed by atoms with E-state index >= 15 is 0 Å². The number of nitrogens with zero attached hydrogens (tertiary/aromatic N) is 2. The fraction of sp³-hybridized carbons (Fsp3) is 0.350. The summed E-state index contributed by atoms with van der Waals surface area (Å²) in [5.41, 5.74) is 0.729. The Morgan fingerprint density at radius 3 is 2.53 bits per heavy atom. The summed E-state index contributed by atoms with van der Waals surface area (Å²) in [5, 5.41) is -0.325. The lowest BCUT2D eigenvalue weighted by Gasteiger charge is -2.29. The number of carbonyl (C=O) groups is 1. The molecule has 1 amide bonds. The average molecular weight is 488 g/mol. The van der Waals surface area contributed by atoms with Crippen LogP contribution in [0.15, 0.2) is 41.3 Å². The van der Waals surface area contributed by atoms with Crippen molar-refractivity contribution in [3.63, 3.8) is 0 Å². The van der Waals surface area contributed by atoms with E-state index in [9.17, 15) is 22.0 Å². The fourth-order valence-corrected chi connectivity index (χ4v) is 4.83. The standard InChI is InChI=1S/C20H20ClF2N3O5S/c21-16-10-15(2-3-17(16)22)32(28,29)24-11-14-12-26(20(27)31-14)13-1-4-19(18(23)9-13)25-5-7-30-8-6-25/h1-4,9-10,14,24H,5-8,11-12H2/t14-/m0/s1. The summed E-state index contributed by atoms with van der Waals surface area (Å²) in [5.74, 6) is -1.22. The highest BCUT2D eigenvalue weighted by Crippen LogP contribution is 2.28. The molecule has 32 heavy (non-hydrogen) atoms. The summed E-state index contributed by atoms with van der Waals surface area (Å²) in [6, 6.07) is 7.47. The van der Waals surface area contributed by atoms with Gasteiger partial charge in [0.05, 0.1) is 41.1 Å². The molecular formula is C20H20ClF2N3O5S. The lowest BCUT2D eigenvalue weighted by atomic mass is 10.2. The highest BCUT2D eigenvalue weighted by molar-refractivity contribution is 7.89. The molecule has 2 aromatic carbocycles. The molecule has 2 heterocycles. The van der Waals surface area contributed by atoms with E-state index in [2.05, 4.69) is 4.72 Å². The number of rotatable bonds is 6. The zero-order chi connectivity index (χ0) is 22.9. The molecule has 2 aliphatic rings. The van der Waals surface area contributed by atoms with E-state index in [1.54, 1.807) is 12.1 Å². The molecule has 0 saturated carbocycles. The first-order chi connectivity index (χ1) is 15.2. The molecular weight excluding hydrogens is 468 g/mol. The molecule has 0 aromatic heterocycles. The molecule has 1 atom stereocenters. The van der Waals surface area contributed by atoms with Crippen LogP contribution < -0.4 is 14.5 Å². The smallest absolute Gasteiger partial charge is 0.414 e. The number of carbonyl (C=O) groups excluding carboxylic acids is 1. The number of benzene rings is 2. The number of anilines is 2. The van der Waals surface area contributed by atoms with E-state index in [4.69, 9.17) is 21.1 Å². The number of hydrogen-bond donors (Lipinski definition) is 1. The highest BCUT2D eigenvalue weighted by atomic mass is 35.5. The number of halogens is 3. The third-order valence-corrected chi connectivity index (χ3v) is 6.88. The molecule has 0 aliphatic carbocycles. The minimum atomic E-state index is -4.00. The van der Waals surface area contributed by atoms with Crippen LogP contribution in [0, 0.1) is 11.6 Å². The van der Waals surface area contributed by atoms with Crippen molar-refractivity contribution in [2.45, 2.75) is 11.0 Å². The number of sulfonamides is 1. The summed E-state index contributed by atoms with van der Waals surface area (Å²) in [4.78, 5) is 15.2. The first-order valence-electron chi connectivity index (χ1n) is 9.80. The Morgan fingerprint density at radius 1 is 1.09 bits per heavy atom. The van der Waals surface area contributed by atoms with Crippen molar-refractivity contribution >= 4 is 39.1 Å². The normalized spacial score (nSPS) is 19.3. The first kappa shape index (κ1) is 22.7. The molecule has 4 rings (SSSR count). The number of nitrogens with one attached hydrogen (secondary N) is 1. The second kappa shape index (κ2) is 9.18. The van der Waals surface area contributed by atoms with E-state index in [1.807, 2.05) is 4.90 Å². The Bertz CT molecular complexity index is 1130. The minimum Gasteiger partial charge on any atom is -0.443 e. The van der Waals surface area contributed by atoms with Gasteiger partial charge in [0.25, 0.3) is 0 Å². The predicted octanol–water partition coefficient (Wildman–Crippen LogP) is 2.76. The van der Waals surface area contributed by atoms with Gasteiger partial charge in [-0.25, -0.2) is 26.7 Å².